The highest BCUT2D eigenvalue weighted by molar-refractivity contribution is 5.97. The molecule has 0 bridgehead atoms. The largest absolute Gasteiger partial charge is 0.350 e. The Morgan fingerprint density at radius 2 is 2.04 bits per heavy atom. The summed E-state index contributed by atoms with van der Waals surface area (Å²) in [6.45, 7) is 2.75. The van der Waals surface area contributed by atoms with Crippen molar-refractivity contribution in [2.24, 2.45) is 0 Å². The molecule has 1 N–H and O–H groups in total. The van der Waals surface area contributed by atoms with Crippen LogP contribution in [-0.2, 0) is 19.4 Å². The van der Waals surface area contributed by atoms with Gasteiger partial charge in [-0.25, -0.2) is 4.98 Å². The van der Waals surface area contributed by atoms with Gasteiger partial charge in [0.2, 0.25) is 0 Å². The quantitative estimate of drug-likeness (QED) is 0.759. The maximum atomic E-state index is 12.6. The molecule has 1 aliphatic heterocycles. The number of hydrogen-bond donors (Lipinski definition) is 1. The molecule has 2 heterocycles. The molecule has 0 saturated carbocycles. The van der Waals surface area contributed by atoms with Crippen LogP contribution in [0.5, 0.6) is 0 Å². The van der Waals surface area contributed by atoms with E-state index in [9.17, 15) is 9.59 Å². The van der Waals surface area contributed by atoms with Gasteiger partial charge in [0.15, 0.2) is 0 Å². The van der Waals surface area contributed by atoms with E-state index in [1.165, 1.54) is 5.56 Å². The number of amides is 1. The fourth-order valence-corrected chi connectivity index (χ4v) is 3.63. The van der Waals surface area contributed by atoms with E-state index in [1.54, 1.807) is 22.8 Å². The fraction of sp³-hybridized carbons (Fsp3) is 0.318. The first kappa shape index (κ1) is 17.5. The zero-order chi connectivity index (χ0) is 18.8. The Morgan fingerprint density at radius 3 is 2.85 bits per heavy atom. The van der Waals surface area contributed by atoms with Crippen molar-refractivity contribution in [3.63, 3.8) is 0 Å². The zero-order valence-electron chi connectivity index (χ0n) is 15.4. The number of rotatable bonds is 5. The summed E-state index contributed by atoms with van der Waals surface area (Å²) < 4.78 is 1.74. The molecule has 3 aromatic rings. The molecule has 0 unspecified atom stereocenters. The molecule has 4 rings (SSSR count). The van der Waals surface area contributed by atoms with Gasteiger partial charge in [-0.05, 0) is 49.9 Å². The molecule has 1 amide bonds. The van der Waals surface area contributed by atoms with E-state index in [0.717, 1.165) is 38.1 Å². The summed E-state index contributed by atoms with van der Waals surface area (Å²) in [5, 5.41) is 3.63. The summed E-state index contributed by atoms with van der Waals surface area (Å²) in [7, 11) is 0. The highest BCUT2D eigenvalue weighted by Crippen LogP contribution is 2.16. The van der Waals surface area contributed by atoms with Crippen molar-refractivity contribution in [1.29, 1.82) is 0 Å². The van der Waals surface area contributed by atoms with Crippen molar-refractivity contribution in [1.82, 2.24) is 14.9 Å². The van der Waals surface area contributed by atoms with Crippen LogP contribution >= 0.6 is 0 Å². The predicted octanol–water partition coefficient (Wildman–Crippen LogP) is 3.09. The Morgan fingerprint density at radius 1 is 1.22 bits per heavy atom. The highest BCUT2D eigenvalue weighted by atomic mass is 16.1. The summed E-state index contributed by atoms with van der Waals surface area (Å²) in [4.78, 5) is 29.7. The first-order valence-corrected chi connectivity index (χ1v) is 9.50. The van der Waals surface area contributed by atoms with Crippen LogP contribution in [0.15, 0.2) is 53.3 Å². The van der Waals surface area contributed by atoms with Crippen molar-refractivity contribution in [3.8, 4) is 0 Å². The SMILES string of the molecule is C[C@@H](CCc1ccccc1)NC(=O)c1ccc2c(=O)n3c(nc2c1)CCC3. The monoisotopic (exact) mass is 361 g/mol. The number of benzene rings is 2. The lowest BCUT2D eigenvalue weighted by Gasteiger charge is -2.14. The average Bonchev–Trinajstić information content (AvgIpc) is 3.16. The van der Waals surface area contributed by atoms with Crippen LogP contribution in [0.2, 0.25) is 0 Å². The van der Waals surface area contributed by atoms with E-state index in [2.05, 4.69) is 22.4 Å². The molecule has 5 heteroatoms. The van der Waals surface area contributed by atoms with Crippen LogP contribution in [0.3, 0.4) is 0 Å². The Bertz CT molecular complexity index is 1040. The third-order valence-corrected chi connectivity index (χ3v) is 5.17. The van der Waals surface area contributed by atoms with Crippen LogP contribution in [0, 0.1) is 0 Å². The van der Waals surface area contributed by atoms with Gasteiger partial charge in [-0.3, -0.25) is 14.2 Å². The van der Waals surface area contributed by atoms with Crippen LogP contribution in [0.25, 0.3) is 10.9 Å². The number of aromatic nitrogens is 2. The Kier molecular flexibility index (Phi) is 4.75. The van der Waals surface area contributed by atoms with Crippen molar-refractivity contribution >= 4 is 16.8 Å². The van der Waals surface area contributed by atoms with Gasteiger partial charge in [0, 0.05) is 24.6 Å². The number of aryl methyl sites for hydroxylation is 2. The smallest absolute Gasteiger partial charge is 0.261 e. The van der Waals surface area contributed by atoms with Crippen LogP contribution in [-0.4, -0.2) is 21.5 Å². The first-order chi connectivity index (χ1) is 13.1. The van der Waals surface area contributed by atoms with Crippen molar-refractivity contribution in [2.75, 3.05) is 0 Å². The minimum absolute atomic E-state index is 0.00399. The summed E-state index contributed by atoms with van der Waals surface area (Å²) in [6, 6.07) is 15.5. The van der Waals surface area contributed by atoms with Crippen LogP contribution < -0.4 is 10.9 Å². The van der Waals surface area contributed by atoms with Gasteiger partial charge in [-0.1, -0.05) is 30.3 Å². The molecule has 0 fully saturated rings. The summed E-state index contributed by atoms with van der Waals surface area (Å²) in [5.41, 5.74) is 2.42. The van der Waals surface area contributed by atoms with Crippen molar-refractivity contribution in [2.45, 2.75) is 45.2 Å². The highest BCUT2D eigenvalue weighted by Gasteiger charge is 2.17. The maximum absolute atomic E-state index is 12.6. The molecule has 0 aliphatic carbocycles. The maximum Gasteiger partial charge on any atom is 0.261 e. The van der Waals surface area contributed by atoms with E-state index in [-0.39, 0.29) is 17.5 Å². The molecule has 0 spiro atoms. The van der Waals surface area contributed by atoms with Crippen molar-refractivity contribution in [3.05, 3.63) is 75.8 Å². The number of nitrogens with one attached hydrogen (secondary N) is 1. The summed E-state index contributed by atoms with van der Waals surface area (Å²) >= 11 is 0. The third kappa shape index (κ3) is 3.63. The number of carbonyl (C=O) groups excluding carboxylic acids is 1. The van der Waals surface area contributed by atoms with Crippen LogP contribution in [0.4, 0.5) is 0 Å². The van der Waals surface area contributed by atoms with Gasteiger partial charge in [0.25, 0.3) is 11.5 Å². The zero-order valence-corrected chi connectivity index (χ0v) is 15.4. The van der Waals surface area contributed by atoms with E-state index in [4.69, 9.17) is 0 Å². The lowest BCUT2D eigenvalue weighted by atomic mass is 10.1. The fourth-order valence-electron chi connectivity index (χ4n) is 3.63. The summed E-state index contributed by atoms with van der Waals surface area (Å²) in [6.07, 6.45) is 3.56. The average molecular weight is 361 g/mol. The number of carbonyl (C=O) groups is 1. The minimum atomic E-state index is -0.125. The lowest BCUT2D eigenvalue weighted by Crippen LogP contribution is -2.33. The molecule has 2 aromatic carbocycles. The molecule has 27 heavy (non-hydrogen) atoms. The molecule has 1 atom stereocenters. The standard InChI is InChI=1S/C22H23N3O2/c1-15(9-10-16-6-3-2-4-7-16)23-21(26)17-11-12-18-19(14-17)24-20-8-5-13-25(20)22(18)27/h2-4,6-7,11-12,14-15H,5,8-10,13H2,1H3,(H,23,26)/t15-/m0/s1. The number of fused-ring (bicyclic) bond motifs is 2. The summed E-state index contributed by atoms with van der Waals surface area (Å²) in [5.74, 6) is 0.696. The number of hydrogen-bond acceptors (Lipinski definition) is 3. The Balaban J connectivity index is 1.47. The van der Waals surface area contributed by atoms with Gasteiger partial charge in [-0.2, -0.15) is 0 Å². The Labute approximate surface area is 158 Å². The van der Waals surface area contributed by atoms with E-state index < -0.39 is 0 Å². The molecule has 0 radical (unpaired) electrons. The van der Waals surface area contributed by atoms with Gasteiger partial charge in [0.1, 0.15) is 5.82 Å². The minimum Gasteiger partial charge on any atom is -0.350 e. The lowest BCUT2D eigenvalue weighted by molar-refractivity contribution is 0.0938. The van der Waals surface area contributed by atoms with E-state index >= 15 is 0 Å². The van der Waals surface area contributed by atoms with Crippen molar-refractivity contribution < 1.29 is 4.79 Å². The molecule has 138 valence electrons. The molecule has 0 saturated heterocycles. The van der Waals surface area contributed by atoms with Gasteiger partial charge in [-0.15, -0.1) is 0 Å². The second kappa shape index (κ2) is 7.35. The molecular formula is C22H23N3O2. The molecule has 1 aliphatic rings. The van der Waals surface area contributed by atoms with Gasteiger partial charge >= 0.3 is 0 Å². The topological polar surface area (TPSA) is 64.0 Å². The van der Waals surface area contributed by atoms with Gasteiger partial charge in [0.05, 0.1) is 10.9 Å². The van der Waals surface area contributed by atoms with Gasteiger partial charge < -0.3 is 5.32 Å². The van der Waals surface area contributed by atoms with Crippen LogP contribution in [0.1, 0.15) is 41.5 Å². The Hall–Kier alpha value is -2.95. The van der Waals surface area contributed by atoms with E-state index in [0.29, 0.717) is 16.5 Å². The normalized spacial score (nSPS) is 14.1. The molecule has 1 aromatic heterocycles. The second-order valence-electron chi connectivity index (χ2n) is 7.22. The molecular weight excluding hydrogens is 338 g/mol. The third-order valence-electron chi connectivity index (χ3n) is 5.17. The second-order valence-corrected chi connectivity index (χ2v) is 7.22. The first-order valence-electron chi connectivity index (χ1n) is 9.50. The number of nitrogens with zero attached hydrogens (tertiary/aromatic N) is 2. The predicted molar refractivity (Wildman–Crippen MR) is 106 cm³/mol. The molecule has 5 nitrogen and oxygen atoms in total. The van der Waals surface area contributed by atoms with E-state index in [1.807, 2.05) is 25.1 Å².